The third-order valence-electron chi connectivity index (χ3n) is 2.59. The van der Waals surface area contributed by atoms with Crippen molar-refractivity contribution in [2.45, 2.75) is 6.92 Å². The van der Waals surface area contributed by atoms with Crippen LogP contribution < -0.4 is 0 Å². The second-order valence-electron chi connectivity index (χ2n) is 3.81. The monoisotopic (exact) mass is 222 g/mol. The highest BCUT2D eigenvalue weighted by molar-refractivity contribution is 6.04. The predicted octanol–water partition coefficient (Wildman–Crippen LogP) is 4.11. The summed E-state index contributed by atoms with van der Waals surface area (Å²) in [5.41, 5.74) is 3.02. The average Bonchev–Trinajstić information content (AvgIpc) is 2.40. The van der Waals surface area contributed by atoms with E-state index in [1.807, 2.05) is 49.4 Å². The van der Waals surface area contributed by atoms with Crippen molar-refractivity contribution in [2.24, 2.45) is 0 Å². The van der Waals surface area contributed by atoms with E-state index in [2.05, 4.69) is 12.1 Å². The number of ketones is 1. The van der Waals surface area contributed by atoms with Crippen LogP contribution in [0.5, 0.6) is 0 Å². The number of benzene rings is 2. The molecule has 0 radical (unpaired) electrons. The van der Waals surface area contributed by atoms with E-state index in [-0.39, 0.29) is 5.78 Å². The molecule has 0 heterocycles. The standard InChI is InChI=1S/C16H14O/c1-2-6-16(17)15-11-9-14(10-12-15)13-7-4-3-5-8-13/h2-12H,1H3. The Kier molecular flexibility index (Phi) is 3.51. The SMILES string of the molecule is CC=CC(=O)c1ccc(-c2ccccc2)cc1. The molecule has 0 atom stereocenters. The highest BCUT2D eigenvalue weighted by Gasteiger charge is 2.01. The van der Waals surface area contributed by atoms with Crippen LogP contribution in [0, 0.1) is 0 Å². The van der Waals surface area contributed by atoms with Crippen LogP contribution in [0.25, 0.3) is 11.1 Å². The van der Waals surface area contributed by atoms with Gasteiger partial charge in [-0.05, 0) is 24.1 Å². The van der Waals surface area contributed by atoms with Gasteiger partial charge in [0.05, 0.1) is 0 Å². The Morgan fingerprint density at radius 2 is 1.47 bits per heavy atom. The molecule has 17 heavy (non-hydrogen) atoms. The fourth-order valence-corrected chi connectivity index (χ4v) is 1.71. The zero-order valence-electron chi connectivity index (χ0n) is 9.76. The van der Waals surface area contributed by atoms with Crippen molar-refractivity contribution in [3.63, 3.8) is 0 Å². The summed E-state index contributed by atoms with van der Waals surface area (Å²) in [6.07, 6.45) is 3.34. The van der Waals surface area contributed by atoms with Gasteiger partial charge in [-0.25, -0.2) is 0 Å². The van der Waals surface area contributed by atoms with Crippen LogP contribution in [0.2, 0.25) is 0 Å². The van der Waals surface area contributed by atoms with E-state index in [1.54, 1.807) is 12.2 Å². The lowest BCUT2D eigenvalue weighted by Crippen LogP contribution is -1.93. The maximum absolute atomic E-state index is 11.6. The first kappa shape index (κ1) is 11.3. The van der Waals surface area contributed by atoms with Gasteiger partial charge in [-0.2, -0.15) is 0 Å². The topological polar surface area (TPSA) is 17.1 Å². The van der Waals surface area contributed by atoms with Gasteiger partial charge in [0.15, 0.2) is 5.78 Å². The number of hydrogen-bond donors (Lipinski definition) is 0. The minimum atomic E-state index is 0.0483. The van der Waals surface area contributed by atoms with Crippen LogP contribution in [0.3, 0.4) is 0 Å². The Labute approximate surface area is 101 Å². The van der Waals surface area contributed by atoms with E-state index >= 15 is 0 Å². The van der Waals surface area contributed by atoms with Gasteiger partial charge in [0.1, 0.15) is 0 Å². The molecule has 0 aliphatic heterocycles. The van der Waals surface area contributed by atoms with Gasteiger partial charge in [0.2, 0.25) is 0 Å². The summed E-state index contributed by atoms with van der Waals surface area (Å²) >= 11 is 0. The summed E-state index contributed by atoms with van der Waals surface area (Å²) in [5, 5.41) is 0. The third-order valence-corrected chi connectivity index (χ3v) is 2.59. The van der Waals surface area contributed by atoms with Crippen LogP contribution in [0.4, 0.5) is 0 Å². The molecule has 0 aliphatic carbocycles. The van der Waals surface area contributed by atoms with Crippen LogP contribution in [-0.2, 0) is 0 Å². The predicted molar refractivity (Wildman–Crippen MR) is 71.0 cm³/mol. The van der Waals surface area contributed by atoms with Crippen molar-refractivity contribution in [3.8, 4) is 11.1 Å². The van der Waals surface area contributed by atoms with Crippen LogP contribution >= 0.6 is 0 Å². The van der Waals surface area contributed by atoms with Gasteiger partial charge in [-0.15, -0.1) is 0 Å². The lowest BCUT2D eigenvalue weighted by Gasteiger charge is -2.02. The van der Waals surface area contributed by atoms with Crippen molar-refractivity contribution in [1.82, 2.24) is 0 Å². The quantitative estimate of drug-likeness (QED) is 0.564. The van der Waals surface area contributed by atoms with E-state index in [0.717, 1.165) is 16.7 Å². The van der Waals surface area contributed by atoms with Crippen molar-refractivity contribution < 1.29 is 4.79 Å². The summed E-state index contributed by atoms with van der Waals surface area (Å²) in [4.78, 5) is 11.6. The van der Waals surface area contributed by atoms with Crippen molar-refractivity contribution in [1.29, 1.82) is 0 Å². The van der Waals surface area contributed by atoms with Gasteiger partial charge in [0.25, 0.3) is 0 Å². The largest absolute Gasteiger partial charge is 0.289 e. The lowest BCUT2D eigenvalue weighted by atomic mass is 10.0. The molecule has 0 amide bonds. The molecule has 2 aromatic carbocycles. The van der Waals surface area contributed by atoms with Gasteiger partial charge in [-0.3, -0.25) is 4.79 Å². The van der Waals surface area contributed by atoms with E-state index in [0.29, 0.717) is 0 Å². The highest BCUT2D eigenvalue weighted by Crippen LogP contribution is 2.19. The molecular formula is C16H14O. The molecule has 1 nitrogen and oxygen atoms in total. The highest BCUT2D eigenvalue weighted by atomic mass is 16.1. The Bertz CT molecular complexity index is 521. The molecule has 0 spiro atoms. The number of carbonyl (C=O) groups excluding carboxylic acids is 1. The minimum absolute atomic E-state index is 0.0483. The average molecular weight is 222 g/mol. The Balaban J connectivity index is 2.28. The molecule has 0 saturated carbocycles. The van der Waals surface area contributed by atoms with E-state index in [1.165, 1.54) is 0 Å². The zero-order chi connectivity index (χ0) is 12.1. The van der Waals surface area contributed by atoms with Crippen molar-refractivity contribution in [2.75, 3.05) is 0 Å². The van der Waals surface area contributed by atoms with Gasteiger partial charge >= 0.3 is 0 Å². The second-order valence-corrected chi connectivity index (χ2v) is 3.81. The molecule has 0 N–H and O–H groups in total. The van der Waals surface area contributed by atoms with Crippen LogP contribution in [-0.4, -0.2) is 5.78 Å². The molecule has 0 aliphatic rings. The Morgan fingerprint density at radius 3 is 2.06 bits per heavy atom. The maximum Gasteiger partial charge on any atom is 0.185 e. The fourth-order valence-electron chi connectivity index (χ4n) is 1.71. The molecule has 0 bridgehead atoms. The summed E-state index contributed by atoms with van der Waals surface area (Å²) in [6.45, 7) is 1.84. The summed E-state index contributed by atoms with van der Waals surface area (Å²) in [6, 6.07) is 17.8. The van der Waals surface area contributed by atoms with Crippen LogP contribution in [0.15, 0.2) is 66.7 Å². The Hall–Kier alpha value is -2.15. The van der Waals surface area contributed by atoms with E-state index in [9.17, 15) is 4.79 Å². The van der Waals surface area contributed by atoms with Gasteiger partial charge < -0.3 is 0 Å². The van der Waals surface area contributed by atoms with Crippen molar-refractivity contribution >= 4 is 5.78 Å². The van der Waals surface area contributed by atoms with Gasteiger partial charge in [0, 0.05) is 5.56 Å². The number of hydrogen-bond acceptors (Lipinski definition) is 1. The number of allylic oxidation sites excluding steroid dienone is 2. The zero-order valence-corrected chi connectivity index (χ0v) is 9.76. The third kappa shape index (κ3) is 2.70. The molecule has 0 saturated heterocycles. The summed E-state index contributed by atoms with van der Waals surface area (Å²) < 4.78 is 0. The molecule has 0 unspecified atom stereocenters. The van der Waals surface area contributed by atoms with Crippen LogP contribution in [0.1, 0.15) is 17.3 Å². The van der Waals surface area contributed by atoms with Gasteiger partial charge in [-0.1, -0.05) is 60.7 Å². The fraction of sp³-hybridized carbons (Fsp3) is 0.0625. The molecule has 2 aromatic rings. The molecule has 2 rings (SSSR count). The summed E-state index contributed by atoms with van der Waals surface area (Å²) in [5.74, 6) is 0.0483. The first-order valence-electron chi connectivity index (χ1n) is 5.64. The lowest BCUT2D eigenvalue weighted by molar-refractivity contribution is 0.104. The van der Waals surface area contributed by atoms with E-state index in [4.69, 9.17) is 0 Å². The first-order valence-corrected chi connectivity index (χ1v) is 5.64. The summed E-state index contributed by atoms with van der Waals surface area (Å²) in [7, 11) is 0. The second kappa shape index (κ2) is 5.26. The minimum Gasteiger partial charge on any atom is -0.289 e. The molecule has 1 heteroatoms. The molecule has 0 fully saturated rings. The Morgan fingerprint density at radius 1 is 0.882 bits per heavy atom. The molecular weight excluding hydrogens is 208 g/mol. The number of rotatable bonds is 3. The van der Waals surface area contributed by atoms with E-state index < -0.39 is 0 Å². The normalized spacial score (nSPS) is 10.6. The number of carbonyl (C=O) groups is 1. The maximum atomic E-state index is 11.6. The molecule has 0 aromatic heterocycles. The first-order chi connectivity index (χ1) is 8.31. The van der Waals surface area contributed by atoms with Crippen molar-refractivity contribution in [3.05, 3.63) is 72.3 Å². The smallest absolute Gasteiger partial charge is 0.185 e. The molecule has 84 valence electrons.